The molecule has 3 heteroatoms. The van der Waals surface area contributed by atoms with Gasteiger partial charge >= 0.3 is 0 Å². The summed E-state index contributed by atoms with van der Waals surface area (Å²) in [5.74, 6) is 0.542. The molecule has 2 atom stereocenters. The van der Waals surface area contributed by atoms with Gasteiger partial charge in [-0.3, -0.25) is 0 Å². The van der Waals surface area contributed by atoms with Crippen LogP contribution in [0.1, 0.15) is 45.3 Å². The summed E-state index contributed by atoms with van der Waals surface area (Å²) in [6.45, 7) is 6.43. The van der Waals surface area contributed by atoms with Gasteiger partial charge in [0, 0.05) is 11.6 Å². The molecule has 0 amide bonds. The van der Waals surface area contributed by atoms with Crippen LogP contribution >= 0.6 is 0 Å². The third-order valence-corrected chi connectivity index (χ3v) is 2.73. The van der Waals surface area contributed by atoms with Crippen LogP contribution < -0.4 is 4.74 Å². The molecule has 0 aliphatic carbocycles. The van der Waals surface area contributed by atoms with E-state index in [2.05, 4.69) is 13.8 Å². The second-order valence-corrected chi connectivity index (χ2v) is 4.56. The van der Waals surface area contributed by atoms with Crippen molar-refractivity contribution in [2.45, 2.75) is 39.7 Å². The van der Waals surface area contributed by atoms with Gasteiger partial charge in [0.25, 0.3) is 0 Å². The Labute approximate surface area is 102 Å². The molecule has 0 aliphatic heterocycles. The maximum Gasteiger partial charge on any atom is 0.128 e. The van der Waals surface area contributed by atoms with Crippen molar-refractivity contribution in [2.24, 2.45) is 5.92 Å². The van der Waals surface area contributed by atoms with Gasteiger partial charge in [0.05, 0.1) is 12.7 Å². The molecule has 1 aromatic rings. The Morgan fingerprint density at radius 1 is 1.35 bits per heavy atom. The van der Waals surface area contributed by atoms with E-state index >= 15 is 0 Å². The molecule has 0 saturated heterocycles. The summed E-state index contributed by atoms with van der Waals surface area (Å²) in [5.41, 5.74) is 0.634. The lowest BCUT2D eigenvalue weighted by molar-refractivity contribution is 0.186. The molecule has 0 aromatic heterocycles. The zero-order valence-electron chi connectivity index (χ0n) is 10.7. The highest BCUT2D eigenvalue weighted by Crippen LogP contribution is 2.26. The van der Waals surface area contributed by atoms with Crippen molar-refractivity contribution in [3.63, 3.8) is 0 Å². The SMILES string of the molecule is CCCC(C)COc1cc(F)ccc1C(C)O. The predicted octanol–water partition coefficient (Wildman–Crippen LogP) is 3.69. The maximum atomic E-state index is 13.1. The quantitative estimate of drug-likeness (QED) is 0.821. The maximum absolute atomic E-state index is 13.1. The van der Waals surface area contributed by atoms with Gasteiger partial charge in [-0.25, -0.2) is 4.39 Å². The van der Waals surface area contributed by atoms with Crippen molar-refractivity contribution in [1.82, 2.24) is 0 Å². The molecular formula is C14H21FO2. The van der Waals surface area contributed by atoms with Crippen molar-refractivity contribution < 1.29 is 14.2 Å². The highest BCUT2D eigenvalue weighted by atomic mass is 19.1. The minimum absolute atomic E-state index is 0.340. The molecule has 0 radical (unpaired) electrons. The van der Waals surface area contributed by atoms with Crippen LogP contribution in [0.3, 0.4) is 0 Å². The van der Waals surface area contributed by atoms with E-state index in [9.17, 15) is 9.50 Å². The van der Waals surface area contributed by atoms with Crippen molar-refractivity contribution in [1.29, 1.82) is 0 Å². The molecule has 0 aliphatic rings. The monoisotopic (exact) mass is 240 g/mol. The van der Waals surface area contributed by atoms with Crippen LogP contribution in [-0.4, -0.2) is 11.7 Å². The largest absolute Gasteiger partial charge is 0.493 e. The van der Waals surface area contributed by atoms with Crippen molar-refractivity contribution >= 4 is 0 Å². The Morgan fingerprint density at radius 3 is 2.65 bits per heavy atom. The molecule has 2 nitrogen and oxygen atoms in total. The number of benzene rings is 1. The molecule has 0 fully saturated rings. The summed E-state index contributed by atoms with van der Waals surface area (Å²) in [7, 11) is 0. The molecule has 0 bridgehead atoms. The summed E-state index contributed by atoms with van der Waals surface area (Å²) in [6, 6.07) is 4.24. The Morgan fingerprint density at radius 2 is 2.06 bits per heavy atom. The highest BCUT2D eigenvalue weighted by Gasteiger charge is 2.11. The number of aliphatic hydroxyl groups is 1. The minimum Gasteiger partial charge on any atom is -0.493 e. The molecule has 0 spiro atoms. The molecule has 1 rings (SSSR count). The van der Waals surface area contributed by atoms with Gasteiger partial charge in [-0.15, -0.1) is 0 Å². The highest BCUT2D eigenvalue weighted by molar-refractivity contribution is 5.35. The predicted molar refractivity (Wildman–Crippen MR) is 66.6 cm³/mol. The summed E-state index contributed by atoms with van der Waals surface area (Å²) in [4.78, 5) is 0. The van der Waals surface area contributed by atoms with Crippen LogP contribution in [0.15, 0.2) is 18.2 Å². The molecule has 1 aromatic carbocycles. The summed E-state index contributed by atoms with van der Waals surface area (Å²) in [5, 5.41) is 9.56. The average molecular weight is 240 g/mol. The van der Waals surface area contributed by atoms with Crippen LogP contribution in [0.25, 0.3) is 0 Å². The number of hydrogen-bond donors (Lipinski definition) is 1. The summed E-state index contributed by atoms with van der Waals surface area (Å²) >= 11 is 0. The number of halogens is 1. The van der Waals surface area contributed by atoms with Gasteiger partial charge < -0.3 is 9.84 Å². The van der Waals surface area contributed by atoms with Crippen molar-refractivity contribution in [3.05, 3.63) is 29.6 Å². The lowest BCUT2D eigenvalue weighted by atomic mass is 10.1. The number of rotatable bonds is 6. The average Bonchev–Trinajstić information content (AvgIpc) is 2.26. The smallest absolute Gasteiger partial charge is 0.128 e. The molecule has 0 heterocycles. The van der Waals surface area contributed by atoms with E-state index < -0.39 is 6.10 Å². The zero-order chi connectivity index (χ0) is 12.8. The van der Waals surface area contributed by atoms with E-state index in [1.54, 1.807) is 13.0 Å². The second-order valence-electron chi connectivity index (χ2n) is 4.56. The van der Waals surface area contributed by atoms with Crippen molar-refractivity contribution in [2.75, 3.05) is 6.61 Å². The normalized spacial score (nSPS) is 14.4. The molecule has 17 heavy (non-hydrogen) atoms. The van der Waals surface area contributed by atoms with Crippen molar-refractivity contribution in [3.8, 4) is 5.75 Å². The molecular weight excluding hydrogens is 219 g/mol. The zero-order valence-corrected chi connectivity index (χ0v) is 10.7. The van der Waals surface area contributed by atoms with Gasteiger partial charge in [-0.05, 0) is 31.4 Å². The summed E-state index contributed by atoms with van der Waals surface area (Å²) in [6.07, 6.45) is 1.54. The molecule has 96 valence electrons. The van der Waals surface area contributed by atoms with E-state index in [1.807, 2.05) is 0 Å². The van der Waals surface area contributed by atoms with E-state index in [0.29, 0.717) is 23.8 Å². The fraction of sp³-hybridized carbons (Fsp3) is 0.571. The van der Waals surface area contributed by atoms with Gasteiger partial charge in [-0.2, -0.15) is 0 Å². The Bertz CT molecular complexity index is 350. The standard InChI is InChI=1S/C14H21FO2/c1-4-5-10(2)9-17-14-8-12(15)6-7-13(14)11(3)16/h6-8,10-11,16H,4-5,9H2,1-3H3. The topological polar surface area (TPSA) is 29.5 Å². The fourth-order valence-electron chi connectivity index (χ4n) is 1.79. The first-order valence-electron chi connectivity index (χ1n) is 6.14. The van der Waals surface area contributed by atoms with Gasteiger partial charge in [-0.1, -0.05) is 20.3 Å². The number of aliphatic hydroxyl groups excluding tert-OH is 1. The Balaban J connectivity index is 2.71. The van der Waals surface area contributed by atoms with Crippen LogP contribution in [0.2, 0.25) is 0 Å². The van der Waals surface area contributed by atoms with Crippen LogP contribution in [-0.2, 0) is 0 Å². The van der Waals surface area contributed by atoms with Crippen LogP contribution in [0, 0.1) is 11.7 Å². The first-order chi connectivity index (χ1) is 8.04. The fourth-order valence-corrected chi connectivity index (χ4v) is 1.79. The molecule has 1 N–H and O–H groups in total. The summed E-state index contributed by atoms with van der Waals surface area (Å²) < 4.78 is 18.7. The molecule has 2 unspecified atom stereocenters. The van der Waals surface area contributed by atoms with Crippen LogP contribution in [0.4, 0.5) is 4.39 Å². The van der Waals surface area contributed by atoms with E-state index in [4.69, 9.17) is 4.74 Å². The first-order valence-corrected chi connectivity index (χ1v) is 6.14. The first kappa shape index (κ1) is 14.0. The second kappa shape index (κ2) is 6.60. The lowest BCUT2D eigenvalue weighted by Crippen LogP contribution is -2.10. The van der Waals surface area contributed by atoms with E-state index in [1.165, 1.54) is 12.1 Å². The van der Waals surface area contributed by atoms with Gasteiger partial charge in [0.15, 0.2) is 0 Å². The third-order valence-electron chi connectivity index (χ3n) is 2.73. The number of hydrogen-bond acceptors (Lipinski definition) is 2. The minimum atomic E-state index is -0.646. The van der Waals surface area contributed by atoms with E-state index in [-0.39, 0.29) is 5.82 Å². The van der Waals surface area contributed by atoms with Gasteiger partial charge in [0.2, 0.25) is 0 Å². The lowest BCUT2D eigenvalue weighted by Gasteiger charge is -2.16. The van der Waals surface area contributed by atoms with Crippen LogP contribution in [0.5, 0.6) is 5.75 Å². The third kappa shape index (κ3) is 4.35. The molecule has 0 saturated carbocycles. The van der Waals surface area contributed by atoms with E-state index in [0.717, 1.165) is 12.8 Å². The van der Waals surface area contributed by atoms with Gasteiger partial charge in [0.1, 0.15) is 11.6 Å². The number of ether oxygens (including phenoxy) is 1. The Hall–Kier alpha value is -1.09. The Kier molecular flexibility index (Phi) is 5.42.